The van der Waals surface area contributed by atoms with Gasteiger partial charge in [-0.3, -0.25) is 0 Å². The second kappa shape index (κ2) is 18.6. The van der Waals surface area contributed by atoms with Gasteiger partial charge in [0.2, 0.25) is 0 Å². The minimum absolute atomic E-state index is 0.395. The summed E-state index contributed by atoms with van der Waals surface area (Å²) in [5, 5.41) is 2.51. The highest BCUT2D eigenvalue weighted by atomic mass is 15.1. The smallest absolute Gasteiger partial charge is 0.0714 e. The normalized spacial score (nSPS) is 14.5. The van der Waals surface area contributed by atoms with E-state index in [9.17, 15) is 0 Å². The lowest BCUT2D eigenvalue weighted by Crippen LogP contribution is -2.28. The fraction of sp³-hybridized carbons (Fsp3) is 0.0556. The van der Waals surface area contributed by atoms with E-state index in [4.69, 9.17) is 0 Å². The van der Waals surface area contributed by atoms with Crippen molar-refractivity contribution in [2.24, 2.45) is 5.92 Å². The van der Waals surface area contributed by atoms with Gasteiger partial charge in [0, 0.05) is 17.1 Å². The van der Waals surface area contributed by atoms with Crippen LogP contribution < -0.4 is 4.90 Å². The first-order valence-corrected chi connectivity index (χ1v) is 25.6. The Hall–Kier alpha value is -9.04. The molecular formula is C72H53N. The van der Waals surface area contributed by atoms with Gasteiger partial charge in [-0.05, 0) is 161 Å². The molecule has 0 aromatic heterocycles. The van der Waals surface area contributed by atoms with Gasteiger partial charge in [-0.2, -0.15) is 0 Å². The van der Waals surface area contributed by atoms with Crippen molar-refractivity contribution in [3.63, 3.8) is 0 Å². The Kier molecular flexibility index (Phi) is 11.2. The number of hydrogen-bond acceptors (Lipinski definition) is 1. The molecule has 1 nitrogen and oxygen atoms in total. The molecule has 2 aliphatic carbocycles. The SMILES string of the molecule is CC1CC(c2ccccc2)=CC=C1c1ccc(N(c2ccc(-c3ccc(-c4cccc(-c5ccc6ccccc6c5)c4)cc3)cc2)c2ccc3c(c2)C(c2ccccc2)(c2ccccc2)c2ccccc2-3)cc1. The molecule has 346 valence electrons. The third-order valence-electron chi connectivity index (χ3n) is 15.4. The van der Waals surface area contributed by atoms with Crippen molar-refractivity contribution in [1.29, 1.82) is 0 Å². The van der Waals surface area contributed by atoms with E-state index < -0.39 is 5.41 Å². The summed E-state index contributed by atoms with van der Waals surface area (Å²) < 4.78 is 0. The third kappa shape index (κ3) is 7.91. The van der Waals surface area contributed by atoms with Crippen LogP contribution in [0.2, 0.25) is 0 Å². The minimum atomic E-state index is -0.510. The Labute approximate surface area is 429 Å². The van der Waals surface area contributed by atoms with Gasteiger partial charge in [-0.25, -0.2) is 0 Å². The second-order valence-electron chi connectivity index (χ2n) is 19.7. The number of nitrogens with zero attached hydrogens (tertiary/aromatic N) is 1. The molecule has 1 unspecified atom stereocenters. The van der Waals surface area contributed by atoms with Crippen molar-refractivity contribution >= 4 is 39.0 Å². The maximum Gasteiger partial charge on any atom is 0.0714 e. The van der Waals surface area contributed by atoms with Crippen molar-refractivity contribution in [2.75, 3.05) is 4.90 Å². The lowest BCUT2D eigenvalue weighted by molar-refractivity contribution is 0.768. The predicted octanol–water partition coefficient (Wildman–Crippen LogP) is 19.2. The molecule has 11 aromatic rings. The highest BCUT2D eigenvalue weighted by Crippen LogP contribution is 2.57. The van der Waals surface area contributed by atoms with Gasteiger partial charge in [-0.1, -0.05) is 244 Å². The van der Waals surface area contributed by atoms with Gasteiger partial charge in [-0.15, -0.1) is 0 Å². The second-order valence-corrected chi connectivity index (χ2v) is 19.7. The van der Waals surface area contributed by atoms with Crippen molar-refractivity contribution in [3.05, 3.63) is 319 Å². The van der Waals surface area contributed by atoms with Gasteiger partial charge in [0.15, 0.2) is 0 Å². The summed E-state index contributed by atoms with van der Waals surface area (Å²) in [6.45, 7) is 2.36. The Morgan fingerprint density at radius 1 is 0.329 bits per heavy atom. The van der Waals surface area contributed by atoms with Gasteiger partial charge < -0.3 is 4.90 Å². The topological polar surface area (TPSA) is 3.24 Å². The highest BCUT2D eigenvalue weighted by Gasteiger charge is 2.46. The van der Waals surface area contributed by atoms with Crippen molar-refractivity contribution in [3.8, 4) is 44.5 Å². The number of benzene rings is 11. The van der Waals surface area contributed by atoms with E-state index >= 15 is 0 Å². The molecule has 0 saturated heterocycles. The summed E-state index contributed by atoms with van der Waals surface area (Å²) in [5.41, 5.74) is 23.0. The first kappa shape index (κ1) is 43.9. The fourth-order valence-electron chi connectivity index (χ4n) is 11.8. The van der Waals surface area contributed by atoms with E-state index in [1.807, 2.05) is 0 Å². The monoisotopic (exact) mass is 931 g/mol. The first-order valence-electron chi connectivity index (χ1n) is 25.6. The zero-order chi connectivity index (χ0) is 48.7. The van der Waals surface area contributed by atoms with Crippen LogP contribution in [0.5, 0.6) is 0 Å². The molecule has 0 heterocycles. The zero-order valence-electron chi connectivity index (χ0n) is 40.9. The van der Waals surface area contributed by atoms with Crippen LogP contribution in [-0.2, 0) is 5.41 Å². The van der Waals surface area contributed by atoms with Crippen LogP contribution in [0, 0.1) is 5.92 Å². The van der Waals surface area contributed by atoms with Crippen molar-refractivity contribution < 1.29 is 0 Å². The lowest BCUT2D eigenvalue weighted by atomic mass is 9.67. The van der Waals surface area contributed by atoms with E-state index in [2.05, 4.69) is 297 Å². The predicted molar refractivity (Wildman–Crippen MR) is 308 cm³/mol. The minimum Gasteiger partial charge on any atom is -0.310 e. The fourth-order valence-corrected chi connectivity index (χ4v) is 11.8. The first-order chi connectivity index (χ1) is 36.1. The van der Waals surface area contributed by atoms with Crippen LogP contribution in [0.1, 0.15) is 46.7 Å². The third-order valence-corrected chi connectivity index (χ3v) is 15.4. The van der Waals surface area contributed by atoms with Crippen LogP contribution in [0.4, 0.5) is 17.1 Å². The van der Waals surface area contributed by atoms with E-state index in [1.54, 1.807) is 0 Å². The quantitative estimate of drug-likeness (QED) is 0.132. The van der Waals surface area contributed by atoms with Crippen LogP contribution in [-0.4, -0.2) is 0 Å². The van der Waals surface area contributed by atoms with Gasteiger partial charge in [0.05, 0.1) is 5.41 Å². The molecule has 0 N–H and O–H groups in total. The molecule has 73 heavy (non-hydrogen) atoms. The van der Waals surface area contributed by atoms with Gasteiger partial charge >= 0.3 is 0 Å². The molecule has 0 amide bonds. The number of fused-ring (bicyclic) bond motifs is 4. The van der Waals surface area contributed by atoms with Crippen LogP contribution in [0.15, 0.2) is 285 Å². The molecule has 0 radical (unpaired) electrons. The molecule has 2 aliphatic rings. The summed E-state index contributed by atoms with van der Waals surface area (Å²) in [4.78, 5) is 2.44. The molecule has 0 bridgehead atoms. The molecule has 0 aliphatic heterocycles. The van der Waals surface area contributed by atoms with Gasteiger partial charge in [0.1, 0.15) is 0 Å². The Balaban J connectivity index is 0.882. The Bertz CT molecular complexity index is 3810. The summed E-state index contributed by atoms with van der Waals surface area (Å²) in [5.74, 6) is 0.395. The lowest BCUT2D eigenvalue weighted by Gasteiger charge is -2.35. The van der Waals surface area contributed by atoms with Crippen molar-refractivity contribution in [1.82, 2.24) is 0 Å². The molecular weight excluding hydrogens is 879 g/mol. The maximum absolute atomic E-state index is 2.46. The van der Waals surface area contributed by atoms with E-state index in [0.29, 0.717) is 5.92 Å². The summed E-state index contributed by atoms with van der Waals surface area (Å²) in [7, 11) is 0. The van der Waals surface area contributed by atoms with E-state index in [1.165, 1.54) is 99.8 Å². The van der Waals surface area contributed by atoms with Gasteiger partial charge in [0.25, 0.3) is 0 Å². The van der Waals surface area contributed by atoms with E-state index in [0.717, 1.165) is 23.5 Å². The Morgan fingerprint density at radius 2 is 0.808 bits per heavy atom. The maximum atomic E-state index is 2.46. The molecule has 11 aromatic carbocycles. The molecule has 13 rings (SSSR count). The Morgan fingerprint density at radius 3 is 1.47 bits per heavy atom. The standard InChI is InChI=1S/C72H53N/c1-50-46-60(51-16-5-2-6-17-51)38-44-67(50)56-36-41-65(42-37-56)73(66-43-45-69-68-26-13-14-27-70(68)72(71(69)49-66,62-22-7-3-8-23-62)63-24-9-4-10-25-63)64-39-34-54(35-40-64)53-28-30-55(31-29-53)58-20-15-21-59(47-58)61-33-32-52-18-11-12-19-57(52)48-61/h2-45,47-50H,46H2,1H3. The average molecular weight is 932 g/mol. The van der Waals surface area contributed by atoms with Crippen LogP contribution >= 0.6 is 0 Å². The number of hydrogen-bond donors (Lipinski definition) is 0. The average Bonchev–Trinajstić information content (AvgIpc) is 3.77. The summed E-state index contributed by atoms with van der Waals surface area (Å²) >= 11 is 0. The largest absolute Gasteiger partial charge is 0.310 e. The van der Waals surface area contributed by atoms with E-state index in [-0.39, 0.29) is 0 Å². The molecule has 1 heteroatoms. The van der Waals surface area contributed by atoms with Crippen LogP contribution in [0.3, 0.4) is 0 Å². The number of anilines is 3. The summed E-state index contributed by atoms with van der Waals surface area (Å²) in [6.07, 6.45) is 5.67. The number of rotatable bonds is 10. The highest BCUT2D eigenvalue weighted by molar-refractivity contribution is 5.91. The summed E-state index contributed by atoms with van der Waals surface area (Å²) in [6, 6.07) is 101. The molecule has 0 saturated carbocycles. The molecule has 0 spiro atoms. The van der Waals surface area contributed by atoms with Crippen molar-refractivity contribution in [2.45, 2.75) is 18.8 Å². The molecule has 0 fully saturated rings. The zero-order valence-corrected chi connectivity index (χ0v) is 40.9. The number of allylic oxidation sites excluding steroid dienone is 4. The molecule has 1 atom stereocenters. The van der Waals surface area contributed by atoms with Crippen LogP contribution in [0.25, 0.3) is 66.4 Å².